The van der Waals surface area contributed by atoms with E-state index in [0.29, 0.717) is 6.04 Å². The molecule has 0 heterocycles. The lowest BCUT2D eigenvalue weighted by Gasteiger charge is -2.12. The monoisotopic (exact) mass is 363 g/mol. The highest BCUT2D eigenvalue weighted by atomic mass is 79.9. The number of nitrogens with one attached hydrogen (secondary N) is 1. The van der Waals surface area contributed by atoms with Gasteiger partial charge in [0, 0.05) is 27.5 Å². The molecule has 0 saturated heterocycles. The Morgan fingerprint density at radius 3 is 2.62 bits per heavy atom. The Kier molecular flexibility index (Phi) is 4.88. The van der Waals surface area contributed by atoms with Crippen molar-refractivity contribution in [2.24, 2.45) is 0 Å². The smallest absolute Gasteiger partial charge is 0.133 e. The van der Waals surface area contributed by atoms with E-state index in [1.807, 2.05) is 18.2 Å². The maximum Gasteiger partial charge on any atom is 0.133 e. The summed E-state index contributed by atoms with van der Waals surface area (Å²) in [7, 11) is 0. The third kappa shape index (κ3) is 4.25. The van der Waals surface area contributed by atoms with Gasteiger partial charge in [0.2, 0.25) is 0 Å². The van der Waals surface area contributed by atoms with Gasteiger partial charge in [-0.05, 0) is 55.5 Å². The van der Waals surface area contributed by atoms with E-state index < -0.39 is 0 Å². The molecule has 3 rings (SSSR count). The second kappa shape index (κ2) is 6.86. The highest BCUT2D eigenvalue weighted by molar-refractivity contribution is 9.10. The molecule has 1 saturated carbocycles. The molecule has 2 nitrogen and oxygen atoms in total. The van der Waals surface area contributed by atoms with Gasteiger partial charge in [0.1, 0.15) is 11.5 Å². The van der Waals surface area contributed by atoms with E-state index in [-0.39, 0.29) is 0 Å². The summed E-state index contributed by atoms with van der Waals surface area (Å²) in [6.07, 6.45) is 4.66. The van der Waals surface area contributed by atoms with Gasteiger partial charge < -0.3 is 10.1 Å². The summed E-state index contributed by atoms with van der Waals surface area (Å²) >= 11 is 5.26. The number of rotatable bonds is 6. The van der Waals surface area contributed by atoms with Crippen molar-refractivity contribution in [1.82, 2.24) is 5.32 Å². The molecule has 0 unspecified atom stereocenters. The van der Waals surface area contributed by atoms with Crippen LogP contribution >= 0.6 is 27.7 Å². The summed E-state index contributed by atoms with van der Waals surface area (Å²) < 4.78 is 7.10. The van der Waals surface area contributed by atoms with Crippen molar-refractivity contribution >= 4 is 27.7 Å². The Hall–Kier alpha value is -0.970. The van der Waals surface area contributed by atoms with E-state index in [9.17, 15) is 0 Å². The number of hydrogen-bond donors (Lipinski definition) is 1. The first-order chi connectivity index (χ1) is 10.2. The first kappa shape index (κ1) is 14.9. The van der Waals surface area contributed by atoms with Crippen LogP contribution in [0.5, 0.6) is 11.5 Å². The molecule has 110 valence electrons. The number of halogens is 1. The summed E-state index contributed by atoms with van der Waals surface area (Å²) in [5, 5.41) is 3.54. The molecule has 1 aliphatic rings. The number of benzene rings is 2. The summed E-state index contributed by atoms with van der Waals surface area (Å²) in [4.78, 5) is 1.24. The van der Waals surface area contributed by atoms with E-state index in [1.165, 1.54) is 23.3 Å². The lowest BCUT2D eigenvalue weighted by Crippen LogP contribution is -2.15. The van der Waals surface area contributed by atoms with Crippen molar-refractivity contribution < 1.29 is 4.74 Å². The van der Waals surface area contributed by atoms with Crippen LogP contribution in [0.25, 0.3) is 0 Å². The zero-order valence-electron chi connectivity index (χ0n) is 11.9. The molecule has 0 aromatic heterocycles. The minimum absolute atomic E-state index is 0.697. The molecule has 4 heteroatoms. The van der Waals surface area contributed by atoms with Gasteiger partial charge in [-0.2, -0.15) is 0 Å². The summed E-state index contributed by atoms with van der Waals surface area (Å²) in [5.74, 6) is 1.79. The molecule has 1 aliphatic carbocycles. The lowest BCUT2D eigenvalue weighted by molar-refractivity contribution is 0.472. The lowest BCUT2D eigenvalue weighted by atomic mass is 10.2. The van der Waals surface area contributed by atoms with Crippen LogP contribution in [0.2, 0.25) is 0 Å². The SMILES string of the molecule is CSc1ccc(Oc2cc(Br)ccc2CNC2CC2)cc1. The van der Waals surface area contributed by atoms with Crippen LogP contribution in [0.15, 0.2) is 51.8 Å². The van der Waals surface area contributed by atoms with Crippen LogP contribution in [-0.2, 0) is 6.54 Å². The van der Waals surface area contributed by atoms with Crippen molar-refractivity contribution in [3.8, 4) is 11.5 Å². The molecule has 1 fully saturated rings. The Labute approximate surface area is 138 Å². The first-order valence-corrected chi connectivity index (χ1v) is 9.10. The molecular formula is C17H18BrNOS. The topological polar surface area (TPSA) is 21.3 Å². The Bertz CT molecular complexity index is 611. The van der Waals surface area contributed by atoms with E-state index in [1.54, 1.807) is 11.8 Å². The second-order valence-electron chi connectivity index (χ2n) is 5.18. The average molecular weight is 364 g/mol. The molecule has 0 radical (unpaired) electrons. The molecule has 21 heavy (non-hydrogen) atoms. The third-order valence-corrected chi connectivity index (χ3v) is 4.71. The zero-order valence-corrected chi connectivity index (χ0v) is 14.3. The molecule has 0 bridgehead atoms. The highest BCUT2D eigenvalue weighted by Gasteiger charge is 2.20. The molecule has 1 N–H and O–H groups in total. The summed E-state index contributed by atoms with van der Waals surface area (Å²) in [6, 6.07) is 15.1. The molecule has 2 aromatic rings. The predicted molar refractivity (Wildman–Crippen MR) is 92.3 cm³/mol. The van der Waals surface area contributed by atoms with Crippen molar-refractivity contribution in [3.05, 3.63) is 52.5 Å². The molecule has 0 spiro atoms. The van der Waals surface area contributed by atoms with Crippen LogP contribution in [0, 0.1) is 0 Å². The van der Waals surface area contributed by atoms with E-state index in [0.717, 1.165) is 22.5 Å². The van der Waals surface area contributed by atoms with Gasteiger partial charge in [-0.15, -0.1) is 11.8 Å². The van der Waals surface area contributed by atoms with E-state index in [4.69, 9.17) is 4.74 Å². The van der Waals surface area contributed by atoms with Crippen LogP contribution in [0.1, 0.15) is 18.4 Å². The fourth-order valence-electron chi connectivity index (χ4n) is 2.08. The maximum atomic E-state index is 6.06. The Morgan fingerprint density at radius 2 is 1.95 bits per heavy atom. The largest absolute Gasteiger partial charge is 0.457 e. The van der Waals surface area contributed by atoms with Crippen LogP contribution in [0.4, 0.5) is 0 Å². The standard InChI is InChI=1S/C17H18BrNOS/c1-21-16-8-6-15(7-9-16)20-17-10-13(18)3-2-12(17)11-19-14-4-5-14/h2-3,6-10,14,19H,4-5,11H2,1H3. The second-order valence-corrected chi connectivity index (χ2v) is 6.98. The van der Waals surface area contributed by atoms with Gasteiger partial charge in [-0.25, -0.2) is 0 Å². The molecular weight excluding hydrogens is 346 g/mol. The fraction of sp³-hybridized carbons (Fsp3) is 0.294. The van der Waals surface area contributed by atoms with Crippen LogP contribution < -0.4 is 10.1 Å². The minimum atomic E-state index is 0.697. The number of thioether (sulfide) groups is 1. The van der Waals surface area contributed by atoms with E-state index >= 15 is 0 Å². The van der Waals surface area contributed by atoms with Crippen molar-refractivity contribution in [2.75, 3.05) is 6.26 Å². The van der Waals surface area contributed by atoms with Crippen LogP contribution in [0.3, 0.4) is 0 Å². The molecule has 0 aliphatic heterocycles. The molecule has 0 amide bonds. The Balaban J connectivity index is 1.76. The molecule has 2 aromatic carbocycles. The zero-order chi connectivity index (χ0) is 14.7. The maximum absolute atomic E-state index is 6.06. The average Bonchev–Trinajstić information content (AvgIpc) is 3.31. The number of hydrogen-bond acceptors (Lipinski definition) is 3. The van der Waals surface area contributed by atoms with Gasteiger partial charge >= 0.3 is 0 Å². The van der Waals surface area contributed by atoms with Gasteiger partial charge in [-0.3, -0.25) is 0 Å². The van der Waals surface area contributed by atoms with Gasteiger partial charge in [0.05, 0.1) is 0 Å². The van der Waals surface area contributed by atoms with Gasteiger partial charge in [0.15, 0.2) is 0 Å². The predicted octanol–water partition coefficient (Wildman–Crippen LogP) is 5.22. The van der Waals surface area contributed by atoms with E-state index in [2.05, 4.69) is 51.8 Å². The summed E-state index contributed by atoms with van der Waals surface area (Å²) in [5.41, 5.74) is 1.19. The highest BCUT2D eigenvalue weighted by Crippen LogP contribution is 2.30. The van der Waals surface area contributed by atoms with Crippen LogP contribution in [-0.4, -0.2) is 12.3 Å². The normalized spacial score (nSPS) is 14.2. The minimum Gasteiger partial charge on any atom is -0.457 e. The van der Waals surface area contributed by atoms with Crippen molar-refractivity contribution in [2.45, 2.75) is 30.3 Å². The van der Waals surface area contributed by atoms with Gasteiger partial charge in [0.25, 0.3) is 0 Å². The third-order valence-electron chi connectivity index (χ3n) is 3.47. The van der Waals surface area contributed by atoms with Crippen molar-refractivity contribution in [1.29, 1.82) is 0 Å². The van der Waals surface area contributed by atoms with Gasteiger partial charge in [-0.1, -0.05) is 22.0 Å². The molecule has 0 atom stereocenters. The summed E-state index contributed by atoms with van der Waals surface area (Å²) in [6.45, 7) is 0.857. The first-order valence-electron chi connectivity index (χ1n) is 7.08. The quantitative estimate of drug-likeness (QED) is 0.711. The Morgan fingerprint density at radius 1 is 1.19 bits per heavy atom. The number of ether oxygens (including phenoxy) is 1. The fourth-order valence-corrected chi connectivity index (χ4v) is 2.83. The van der Waals surface area contributed by atoms with Crippen molar-refractivity contribution in [3.63, 3.8) is 0 Å².